The van der Waals surface area contributed by atoms with E-state index in [1.54, 1.807) is 6.07 Å². The predicted octanol–water partition coefficient (Wildman–Crippen LogP) is 1.93. The Morgan fingerprint density at radius 3 is 2.93 bits per heavy atom. The van der Waals surface area contributed by atoms with Gasteiger partial charge in [0.15, 0.2) is 0 Å². The van der Waals surface area contributed by atoms with Gasteiger partial charge in [0.1, 0.15) is 17.6 Å². The maximum absolute atomic E-state index is 13.0. The molecule has 4 heteroatoms. The standard InChI is InChI=1S/C11H11FN2O/c1-7-11(6-13)15-10-4-3-8(12)5-9(10)14(7)2/h3-5,7,11H,1-2H3. The molecule has 0 radical (unpaired) electrons. The monoisotopic (exact) mass is 206 g/mol. The molecule has 1 aliphatic rings. The average Bonchev–Trinajstić information content (AvgIpc) is 2.24. The molecule has 0 aliphatic carbocycles. The number of halogens is 1. The van der Waals surface area contributed by atoms with Gasteiger partial charge in [-0.25, -0.2) is 4.39 Å². The van der Waals surface area contributed by atoms with Crippen LogP contribution in [-0.4, -0.2) is 19.2 Å². The number of likely N-dealkylation sites (N-methyl/N-ethyl adjacent to an activating group) is 1. The number of hydrogen-bond donors (Lipinski definition) is 0. The Morgan fingerprint density at radius 2 is 2.27 bits per heavy atom. The van der Waals surface area contributed by atoms with Crippen LogP contribution in [0.5, 0.6) is 5.75 Å². The van der Waals surface area contributed by atoms with Crippen LogP contribution < -0.4 is 9.64 Å². The van der Waals surface area contributed by atoms with Crippen LogP contribution >= 0.6 is 0 Å². The molecule has 0 amide bonds. The highest BCUT2D eigenvalue weighted by molar-refractivity contribution is 5.61. The third-order valence-corrected chi connectivity index (χ3v) is 2.73. The number of benzene rings is 1. The van der Waals surface area contributed by atoms with E-state index in [9.17, 15) is 4.39 Å². The van der Waals surface area contributed by atoms with Crippen molar-refractivity contribution in [3.8, 4) is 11.8 Å². The Bertz CT molecular complexity index is 427. The molecule has 1 aromatic carbocycles. The van der Waals surface area contributed by atoms with E-state index < -0.39 is 6.10 Å². The second-order valence-electron chi connectivity index (χ2n) is 3.63. The molecular formula is C11H11FN2O. The van der Waals surface area contributed by atoms with Crippen LogP contribution in [-0.2, 0) is 0 Å². The van der Waals surface area contributed by atoms with Gasteiger partial charge in [-0.1, -0.05) is 0 Å². The SMILES string of the molecule is CC1C(C#N)Oc2ccc(F)cc2N1C. The highest BCUT2D eigenvalue weighted by Gasteiger charge is 2.30. The van der Waals surface area contributed by atoms with E-state index >= 15 is 0 Å². The molecular weight excluding hydrogens is 195 g/mol. The summed E-state index contributed by atoms with van der Waals surface area (Å²) in [5.41, 5.74) is 0.689. The maximum Gasteiger partial charge on any atom is 0.204 e. The minimum absolute atomic E-state index is 0.0794. The van der Waals surface area contributed by atoms with Gasteiger partial charge in [0, 0.05) is 13.1 Å². The van der Waals surface area contributed by atoms with Gasteiger partial charge in [0.2, 0.25) is 6.10 Å². The van der Waals surface area contributed by atoms with Crippen LogP contribution in [0.1, 0.15) is 6.92 Å². The lowest BCUT2D eigenvalue weighted by Gasteiger charge is -2.36. The highest BCUT2D eigenvalue weighted by atomic mass is 19.1. The fourth-order valence-electron chi connectivity index (χ4n) is 1.66. The molecule has 0 saturated heterocycles. The highest BCUT2D eigenvalue weighted by Crippen LogP contribution is 2.35. The Morgan fingerprint density at radius 1 is 1.53 bits per heavy atom. The molecule has 2 unspecified atom stereocenters. The first-order valence-corrected chi connectivity index (χ1v) is 4.72. The lowest BCUT2D eigenvalue weighted by atomic mass is 10.1. The fraction of sp³-hybridized carbons (Fsp3) is 0.364. The maximum atomic E-state index is 13.0. The van der Waals surface area contributed by atoms with Crippen molar-refractivity contribution in [2.45, 2.75) is 19.1 Å². The summed E-state index contributed by atoms with van der Waals surface area (Å²) in [6, 6.07) is 6.30. The Kier molecular flexibility index (Phi) is 2.24. The third-order valence-electron chi connectivity index (χ3n) is 2.73. The van der Waals surface area contributed by atoms with Crippen molar-refractivity contribution in [2.24, 2.45) is 0 Å². The van der Waals surface area contributed by atoms with Crippen LogP contribution in [0.2, 0.25) is 0 Å². The molecule has 0 saturated carbocycles. The lowest BCUT2D eigenvalue weighted by Crippen LogP contribution is -2.45. The van der Waals surface area contributed by atoms with Gasteiger partial charge >= 0.3 is 0 Å². The van der Waals surface area contributed by atoms with Crippen molar-refractivity contribution in [3.63, 3.8) is 0 Å². The zero-order chi connectivity index (χ0) is 11.0. The minimum Gasteiger partial charge on any atom is -0.471 e. The second kappa shape index (κ2) is 3.43. The lowest BCUT2D eigenvalue weighted by molar-refractivity contribution is 0.211. The molecule has 3 nitrogen and oxygen atoms in total. The van der Waals surface area contributed by atoms with E-state index in [0.717, 1.165) is 0 Å². The quantitative estimate of drug-likeness (QED) is 0.650. The second-order valence-corrected chi connectivity index (χ2v) is 3.63. The summed E-state index contributed by atoms with van der Waals surface area (Å²) in [5, 5.41) is 8.88. The fourth-order valence-corrected chi connectivity index (χ4v) is 1.66. The molecule has 0 bridgehead atoms. The van der Waals surface area contributed by atoms with E-state index in [0.29, 0.717) is 11.4 Å². The van der Waals surface area contributed by atoms with Gasteiger partial charge in [0.25, 0.3) is 0 Å². The smallest absolute Gasteiger partial charge is 0.204 e. The molecule has 0 aromatic heterocycles. The first-order valence-electron chi connectivity index (χ1n) is 4.72. The van der Waals surface area contributed by atoms with Crippen LogP contribution in [0.3, 0.4) is 0 Å². The zero-order valence-corrected chi connectivity index (χ0v) is 8.57. The summed E-state index contributed by atoms with van der Waals surface area (Å²) in [6.45, 7) is 1.88. The number of nitrogens with zero attached hydrogens (tertiary/aromatic N) is 2. The Hall–Kier alpha value is -1.76. The molecule has 0 fully saturated rings. The molecule has 0 spiro atoms. The van der Waals surface area contributed by atoms with Crippen molar-refractivity contribution in [1.29, 1.82) is 5.26 Å². The summed E-state index contributed by atoms with van der Waals surface area (Å²) >= 11 is 0. The van der Waals surface area contributed by atoms with Gasteiger partial charge in [-0.2, -0.15) is 5.26 Å². The summed E-state index contributed by atoms with van der Waals surface area (Å²) in [7, 11) is 1.83. The van der Waals surface area contributed by atoms with Crippen molar-refractivity contribution >= 4 is 5.69 Å². The summed E-state index contributed by atoms with van der Waals surface area (Å²) in [4.78, 5) is 1.86. The van der Waals surface area contributed by atoms with Crippen molar-refractivity contribution < 1.29 is 9.13 Å². The number of nitriles is 1. The van der Waals surface area contributed by atoms with E-state index in [1.165, 1.54) is 12.1 Å². The van der Waals surface area contributed by atoms with Crippen molar-refractivity contribution in [3.05, 3.63) is 24.0 Å². The van der Waals surface area contributed by atoms with Crippen LogP contribution in [0.25, 0.3) is 0 Å². The number of anilines is 1. The number of hydrogen-bond acceptors (Lipinski definition) is 3. The zero-order valence-electron chi connectivity index (χ0n) is 8.57. The van der Waals surface area contributed by atoms with E-state index in [4.69, 9.17) is 10.00 Å². The van der Waals surface area contributed by atoms with Crippen LogP contribution in [0, 0.1) is 17.1 Å². The summed E-state index contributed by atoms with van der Waals surface area (Å²) in [5.74, 6) is 0.260. The largest absolute Gasteiger partial charge is 0.471 e. The number of fused-ring (bicyclic) bond motifs is 1. The molecule has 2 atom stereocenters. The van der Waals surface area contributed by atoms with Crippen molar-refractivity contribution in [1.82, 2.24) is 0 Å². The van der Waals surface area contributed by atoms with Crippen molar-refractivity contribution in [2.75, 3.05) is 11.9 Å². The minimum atomic E-state index is -0.507. The number of rotatable bonds is 0. The summed E-state index contributed by atoms with van der Waals surface area (Å²) in [6.07, 6.45) is -0.507. The van der Waals surface area contributed by atoms with Gasteiger partial charge in [-0.3, -0.25) is 0 Å². The molecule has 15 heavy (non-hydrogen) atoms. The van der Waals surface area contributed by atoms with Gasteiger partial charge < -0.3 is 9.64 Å². The first-order chi connectivity index (χ1) is 7.13. The third kappa shape index (κ3) is 1.50. The Labute approximate surface area is 87.7 Å². The number of ether oxygens (including phenoxy) is 1. The average molecular weight is 206 g/mol. The van der Waals surface area contributed by atoms with Gasteiger partial charge in [0.05, 0.1) is 11.7 Å². The molecule has 1 aliphatic heterocycles. The summed E-state index contributed by atoms with van der Waals surface area (Å²) < 4.78 is 18.5. The van der Waals surface area contributed by atoms with E-state index in [-0.39, 0.29) is 11.9 Å². The normalized spacial score (nSPS) is 24.0. The van der Waals surface area contributed by atoms with E-state index in [1.807, 2.05) is 18.9 Å². The van der Waals surface area contributed by atoms with Crippen LogP contribution in [0.4, 0.5) is 10.1 Å². The van der Waals surface area contributed by atoms with Gasteiger partial charge in [-0.15, -0.1) is 0 Å². The molecule has 1 heterocycles. The topological polar surface area (TPSA) is 36.3 Å². The Balaban J connectivity index is 2.46. The van der Waals surface area contributed by atoms with Gasteiger partial charge in [-0.05, 0) is 19.1 Å². The predicted molar refractivity (Wildman–Crippen MR) is 54.3 cm³/mol. The van der Waals surface area contributed by atoms with Crippen LogP contribution in [0.15, 0.2) is 18.2 Å². The molecule has 0 N–H and O–H groups in total. The first kappa shape index (κ1) is 9.78. The molecule has 2 rings (SSSR count). The molecule has 78 valence electrons. The molecule has 1 aromatic rings. The van der Waals surface area contributed by atoms with E-state index in [2.05, 4.69) is 6.07 Å².